The molecule has 1 aromatic carbocycles. The number of unbranched alkanes of at least 4 members (excludes halogenated alkanes) is 1. The maximum atomic E-state index is 12.6. The van der Waals surface area contributed by atoms with Crippen LogP contribution in [0.4, 0.5) is 4.39 Å². The summed E-state index contributed by atoms with van der Waals surface area (Å²) in [5.41, 5.74) is 7.21. The van der Waals surface area contributed by atoms with E-state index < -0.39 is 6.17 Å². The van der Waals surface area contributed by atoms with Crippen molar-refractivity contribution < 1.29 is 4.39 Å². The van der Waals surface area contributed by atoms with Gasteiger partial charge < -0.3 is 0 Å². The van der Waals surface area contributed by atoms with Gasteiger partial charge in [0.1, 0.15) is 6.17 Å². The summed E-state index contributed by atoms with van der Waals surface area (Å²) in [6.07, 6.45) is 13.4. The van der Waals surface area contributed by atoms with Crippen molar-refractivity contribution in [3.63, 3.8) is 0 Å². The molecule has 0 N–H and O–H groups in total. The zero-order valence-electron chi connectivity index (χ0n) is 25.1. The molecule has 0 aliphatic rings. The van der Waals surface area contributed by atoms with Crippen molar-refractivity contribution in [3.8, 4) is 0 Å². The molecule has 0 aliphatic carbocycles. The summed E-state index contributed by atoms with van der Waals surface area (Å²) in [5.74, 6) is 0.680. The Morgan fingerprint density at radius 1 is 0.972 bits per heavy atom. The van der Waals surface area contributed by atoms with Gasteiger partial charge in [-0.2, -0.15) is 0 Å². The van der Waals surface area contributed by atoms with Gasteiger partial charge in [0.25, 0.3) is 0 Å². The fourth-order valence-electron chi connectivity index (χ4n) is 2.70. The molecule has 0 saturated carbocycles. The molecule has 1 radical (unpaired) electrons. The number of rotatable bonds is 10. The molecule has 0 spiro atoms. The molecule has 0 bridgehead atoms. The van der Waals surface area contributed by atoms with Gasteiger partial charge in [-0.05, 0) is 76.1 Å². The SMILES string of the molecule is C=C(C)/C=C\C(C)=C/C(C)CC.CCCCC(F)CCC.Cc1cc(C)c(Br)cc1C.[B]=C(C)C=C. The molecule has 0 nitrogen and oxygen atoms in total. The summed E-state index contributed by atoms with van der Waals surface area (Å²) in [6, 6.07) is 4.35. The van der Waals surface area contributed by atoms with Crippen LogP contribution >= 0.6 is 15.9 Å². The van der Waals surface area contributed by atoms with Gasteiger partial charge in [-0.3, -0.25) is 0 Å². The van der Waals surface area contributed by atoms with E-state index in [-0.39, 0.29) is 0 Å². The first-order valence-corrected chi connectivity index (χ1v) is 14.2. The van der Waals surface area contributed by atoms with Gasteiger partial charge in [0, 0.05) is 4.47 Å². The quantitative estimate of drug-likeness (QED) is 0.197. The Balaban J connectivity index is -0.000000419. The van der Waals surface area contributed by atoms with Crippen molar-refractivity contribution in [2.75, 3.05) is 0 Å². The minimum atomic E-state index is -0.532. The van der Waals surface area contributed by atoms with Gasteiger partial charge in [-0.15, -0.1) is 0 Å². The van der Waals surface area contributed by atoms with E-state index in [4.69, 9.17) is 7.49 Å². The van der Waals surface area contributed by atoms with E-state index in [0.29, 0.717) is 5.92 Å². The van der Waals surface area contributed by atoms with Crippen molar-refractivity contribution in [1.82, 2.24) is 0 Å². The van der Waals surface area contributed by atoms with Gasteiger partial charge in [0.15, 0.2) is 0 Å². The Bertz CT molecular complexity index is 754. The van der Waals surface area contributed by atoms with E-state index in [1.165, 1.54) is 33.2 Å². The zero-order chi connectivity index (χ0) is 28.7. The molecule has 3 heteroatoms. The van der Waals surface area contributed by atoms with E-state index in [0.717, 1.165) is 43.1 Å². The van der Waals surface area contributed by atoms with Crippen LogP contribution in [0.3, 0.4) is 0 Å². The third-order valence-electron chi connectivity index (χ3n) is 5.39. The van der Waals surface area contributed by atoms with Crippen LogP contribution in [0.1, 0.15) is 104 Å². The van der Waals surface area contributed by atoms with Crippen LogP contribution in [-0.2, 0) is 0 Å². The molecule has 1 aromatic rings. The second-order valence-electron chi connectivity index (χ2n) is 9.64. The fourth-order valence-corrected chi connectivity index (χ4v) is 3.16. The fraction of sp³-hybridized carbons (Fsp3) is 0.545. The van der Waals surface area contributed by atoms with Crippen LogP contribution in [0, 0.1) is 26.7 Å². The summed E-state index contributed by atoms with van der Waals surface area (Å²) in [6.45, 7) is 28.1. The Kier molecular flexibility index (Phi) is 27.3. The van der Waals surface area contributed by atoms with Crippen molar-refractivity contribution >= 4 is 28.9 Å². The van der Waals surface area contributed by atoms with Crippen LogP contribution in [0.15, 0.2) is 65.2 Å². The molecule has 0 heterocycles. The van der Waals surface area contributed by atoms with Gasteiger partial charge in [-0.25, -0.2) is 4.39 Å². The van der Waals surface area contributed by atoms with Gasteiger partial charge in [0.2, 0.25) is 0 Å². The second kappa shape index (κ2) is 25.2. The number of benzene rings is 1. The average molecular weight is 561 g/mol. The van der Waals surface area contributed by atoms with Crippen molar-refractivity contribution in [2.45, 2.75) is 114 Å². The minimum absolute atomic E-state index is 0.532. The molecule has 2 unspecified atom stereocenters. The number of aryl methyl sites for hydroxylation is 3. The molecule has 2 atom stereocenters. The standard InChI is InChI=1S/C12H20.C9H11Br.C8H17F.C4H6B/c1-6-11(4)9-12(5)8-7-10(2)3;1-6-4-8(3)9(10)5-7(6)2;1-3-5-7-8(9)6-4-2;1-3-4(2)5/h7-9,11H,2,6H2,1,3-5H3;4-5H,1-3H3;8H,3-7H2,1-2H3;3H,1H2,2H3/b8-7-,12-9-;;;. The molecule has 36 heavy (non-hydrogen) atoms. The Hall–Kier alpha value is -1.48. The molecule has 0 amide bonds. The van der Waals surface area contributed by atoms with E-state index >= 15 is 0 Å². The van der Waals surface area contributed by atoms with E-state index in [1.807, 2.05) is 19.9 Å². The number of allylic oxidation sites excluding steroid dienone is 6. The van der Waals surface area contributed by atoms with Crippen LogP contribution in [0.5, 0.6) is 0 Å². The maximum absolute atomic E-state index is 12.6. The molecule has 0 fully saturated rings. The van der Waals surface area contributed by atoms with E-state index in [2.05, 4.69) is 102 Å². The normalized spacial score (nSPS) is 12.1. The molecule has 1 rings (SSSR count). The predicted octanol–water partition coefficient (Wildman–Crippen LogP) is 11.3. The summed E-state index contributed by atoms with van der Waals surface area (Å²) < 4.78 is 13.8. The number of alkyl halides is 1. The Morgan fingerprint density at radius 3 is 1.89 bits per heavy atom. The summed E-state index contributed by atoms with van der Waals surface area (Å²) in [4.78, 5) is 0. The third-order valence-corrected chi connectivity index (χ3v) is 6.25. The Morgan fingerprint density at radius 2 is 1.50 bits per heavy atom. The van der Waals surface area contributed by atoms with Crippen LogP contribution in [0.2, 0.25) is 0 Å². The summed E-state index contributed by atoms with van der Waals surface area (Å²) in [5, 5.41) is 0. The van der Waals surface area contributed by atoms with Gasteiger partial charge >= 0.3 is 32.5 Å². The first kappa shape index (κ1) is 39.0. The van der Waals surface area contributed by atoms with Crippen molar-refractivity contribution in [2.24, 2.45) is 5.92 Å². The van der Waals surface area contributed by atoms with E-state index in [9.17, 15) is 4.39 Å². The van der Waals surface area contributed by atoms with Crippen molar-refractivity contribution in [3.05, 3.63) is 81.9 Å². The molecule has 0 saturated heterocycles. The zero-order valence-corrected chi connectivity index (χ0v) is 26.7. The van der Waals surface area contributed by atoms with Gasteiger partial charge in [0.05, 0.1) is 0 Å². The predicted molar refractivity (Wildman–Crippen MR) is 171 cm³/mol. The second-order valence-corrected chi connectivity index (χ2v) is 10.5. The Labute approximate surface area is 234 Å². The third kappa shape index (κ3) is 27.1. The molecular weight excluding hydrogens is 506 g/mol. The average Bonchev–Trinajstić information content (AvgIpc) is 2.81. The van der Waals surface area contributed by atoms with Crippen LogP contribution in [0.25, 0.3) is 0 Å². The first-order valence-electron chi connectivity index (χ1n) is 13.4. The number of hydrogen-bond donors (Lipinski definition) is 0. The van der Waals surface area contributed by atoms with E-state index in [1.54, 1.807) is 13.0 Å². The first-order chi connectivity index (χ1) is 16.7. The molecule has 203 valence electrons. The van der Waals surface area contributed by atoms with Crippen LogP contribution in [-0.4, -0.2) is 19.1 Å². The molecular formula is C33H54BBrF. The summed E-state index contributed by atoms with van der Waals surface area (Å²) >= 11 is 3.48. The van der Waals surface area contributed by atoms with Gasteiger partial charge in [-0.1, -0.05) is 111 Å². The number of halogens is 2. The topological polar surface area (TPSA) is 0 Å². The monoisotopic (exact) mass is 559 g/mol. The molecule has 0 aromatic heterocycles. The van der Waals surface area contributed by atoms with Crippen LogP contribution < -0.4 is 0 Å². The van der Waals surface area contributed by atoms with Crippen molar-refractivity contribution in [1.29, 1.82) is 0 Å². The summed E-state index contributed by atoms with van der Waals surface area (Å²) in [7, 11) is 5.09. The number of hydrogen-bond acceptors (Lipinski definition) is 0. The molecule has 0 aliphatic heterocycles.